The van der Waals surface area contributed by atoms with Crippen LogP contribution in [0.4, 0.5) is 0 Å². The molecule has 0 rings (SSSR count). The first-order valence-electron chi connectivity index (χ1n) is 30.8. The van der Waals surface area contributed by atoms with E-state index >= 15 is 0 Å². The minimum atomic E-state index is -0.792. The predicted octanol–water partition coefficient (Wildman–Crippen LogP) is 20.8. The highest BCUT2D eigenvalue weighted by atomic mass is 16.6. The largest absolute Gasteiger partial charge is 0.462 e. The molecule has 0 aromatic heterocycles. The average molecular weight is 994 g/mol. The Hall–Kier alpha value is -2.89. The zero-order chi connectivity index (χ0) is 51.4. The molecule has 0 bridgehead atoms. The summed E-state index contributed by atoms with van der Waals surface area (Å²) in [5.41, 5.74) is 0. The Labute approximate surface area is 440 Å². The minimum absolute atomic E-state index is 0.0872. The van der Waals surface area contributed by atoms with Crippen LogP contribution >= 0.6 is 0 Å². The van der Waals surface area contributed by atoms with Crippen molar-refractivity contribution in [3.63, 3.8) is 0 Å². The molecule has 412 valence electrons. The van der Waals surface area contributed by atoms with E-state index in [2.05, 4.69) is 81.5 Å². The van der Waals surface area contributed by atoms with Crippen molar-refractivity contribution in [3.8, 4) is 0 Å². The molecule has 0 heterocycles. The van der Waals surface area contributed by atoms with E-state index < -0.39 is 6.10 Å². The van der Waals surface area contributed by atoms with Crippen LogP contribution < -0.4 is 0 Å². The van der Waals surface area contributed by atoms with Gasteiger partial charge in [-0.15, -0.1) is 0 Å². The first-order valence-corrected chi connectivity index (χ1v) is 30.8. The Kier molecular flexibility index (Phi) is 57.2. The van der Waals surface area contributed by atoms with Crippen LogP contribution in [0, 0.1) is 0 Å². The monoisotopic (exact) mass is 993 g/mol. The normalized spacial score (nSPS) is 12.4. The van der Waals surface area contributed by atoms with Gasteiger partial charge in [0.1, 0.15) is 13.2 Å². The highest BCUT2D eigenvalue weighted by Crippen LogP contribution is 2.16. The molecular formula is C65H116O6. The standard InChI is InChI=1S/C65H116O6/c1-4-7-10-13-16-19-22-25-28-30-31-32-33-35-38-41-44-47-50-53-56-59-65(68)71-62(60-69-63(66)57-54-51-48-45-42-39-36-27-24-21-18-15-12-9-6-3)61-70-64(67)58-55-52-49-46-43-40-37-34-29-26-23-20-17-14-11-8-5-2/h18,21,25-29,36,42,45,62H,4-17,19-20,22-24,30-35,37-41,43-44,46-61H2,1-3H3/b21-18-,28-25-,29-26-,36-27-,45-42-/t62-/m1/s1. The molecule has 0 aliphatic carbocycles. The van der Waals surface area contributed by atoms with E-state index in [9.17, 15) is 14.4 Å². The molecule has 0 amide bonds. The second-order valence-electron chi connectivity index (χ2n) is 20.6. The van der Waals surface area contributed by atoms with Gasteiger partial charge in [0.05, 0.1) is 0 Å². The molecule has 0 saturated carbocycles. The number of ether oxygens (including phenoxy) is 3. The van der Waals surface area contributed by atoms with Gasteiger partial charge >= 0.3 is 17.9 Å². The number of allylic oxidation sites excluding steroid dienone is 10. The lowest BCUT2D eigenvalue weighted by molar-refractivity contribution is -0.167. The summed E-state index contributed by atoms with van der Waals surface area (Å²) in [6.45, 7) is 6.60. The molecule has 0 aromatic carbocycles. The summed E-state index contributed by atoms with van der Waals surface area (Å²) in [5.74, 6) is -0.918. The van der Waals surface area contributed by atoms with Gasteiger partial charge in [0.15, 0.2) is 6.10 Å². The van der Waals surface area contributed by atoms with Crippen molar-refractivity contribution in [2.24, 2.45) is 0 Å². The maximum absolute atomic E-state index is 12.9. The molecule has 0 spiro atoms. The van der Waals surface area contributed by atoms with E-state index in [1.807, 2.05) is 0 Å². The number of esters is 3. The fourth-order valence-corrected chi connectivity index (χ4v) is 8.79. The van der Waals surface area contributed by atoms with Crippen LogP contribution in [0.15, 0.2) is 60.8 Å². The van der Waals surface area contributed by atoms with E-state index in [4.69, 9.17) is 14.2 Å². The number of hydrogen-bond donors (Lipinski definition) is 0. The van der Waals surface area contributed by atoms with Crippen LogP contribution in [0.1, 0.15) is 316 Å². The van der Waals surface area contributed by atoms with Crippen molar-refractivity contribution < 1.29 is 28.6 Å². The number of unbranched alkanes of at least 4 members (excludes halogenated alkanes) is 35. The molecule has 0 aromatic rings. The van der Waals surface area contributed by atoms with Crippen molar-refractivity contribution in [2.45, 2.75) is 322 Å². The molecule has 0 radical (unpaired) electrons. The van der Waals surface area contributed by atoms with Gasteiger partial charge in [0.25, 0.3) is 0 Å². The SMILES string of the molecule is CCCCC/C=C\C/C=C\C/C=C\CCCCC(=O)OC[C@H](COC(=O)CCCCCCCCC/C=C\CCCCCCCC)OC(=O)CCCCCCCCCCCCC/C=C\CCCCCCCC. The van der Waals surface area contributed by atoms with Gasteiger partial charge in [-0.3, -0.25) is 14.4 Å². The molecule has 0 aliphatic rings. The Balaban J connectivity index is 4.39. The number of rotatable bonds is 56. The Morgan fingerprint density at radius 2 is 0.507 bits per heavy atom. The molecule has 6 nitrogen and oxygen atoms in total. The summed E-state index contributed by atoms with van der Waals surface area (Å²) in [7, 11) is 0. The highest BCUT2D eigenvalue weighted by molar-refractivity contribution is 5.71. The average Bonchev–Trinajstić information content (AvgIpc) is 3.37. The summed E-state index contributed by atoms with van der Waals surface area (Å²) in [6, 6.07) is 0. The molecule has 0 aliphatic heterocycles. The van der Waals surface area contributed by atoms with Gasteiger partial charge in [-0.25, -0.2) is 0 Å². The summed E-state index contributed by atoms with van der Waals surface area (Å²) in [5, 5.41) is 0. The quantitative estimate of drug-likeness (QED) is 0.0261. The fourth-order valence-electron chi connectivity index (χ4n) is 8.79. The lowest BCUT2D eigenvalue weighted by Crippen LogP contribution is -2.30. The highest BCUT2D eigenvalue weighted by Gasteiger charge is 2.19. The minimum Gasteiger partial charge on any atom is -0.462 e. The molecule has 0 N–H and O–H groups in total. The third-order valence-corrected chi connectivity index (χ3v) is 13.5. The number of carbonyl (C=O) groups excluding carboxylic acids is 3. The molecular weight excluding hydrogens is 877 g/mol. The van der Waals surface area contributed by atoms with Crippen LogP contribution in [-0.2, 0) is 28.6 Å². The predicted molar refractivity (Wildman–Crippen MR) is 307 cm³/mol. The molecule has 0 unspecified atom stereocenters. The van der Waals surface area contributed by atoms with Gasteiger partial charge < -0.3 is 14.2 Å². The summed E-state index contributed by atoms with van der Waals surface area (Å²) >= 11 is 0. The lowest BCUT2D eigenvalue weighted by Gasteiger charge is -2.18. The van der Waals surface area contributed by atoms with Crippen molar-refractivity contribution in [1.82, 2.24) is 0 Å². The van der Waals surface area contributed by atoms with Crippen molar-refractivity contribution >= 4 is 17.9 Å². The molecule has 1 atom stereocenters. The Morgan fingerprint density at radius 1 is 0.282 bits per heavy atom. The zero-order valence-corrected chi connectivity index (χ0v) is 47.2. The maximum atomic E-state index is 12.9. The second-order valence-corrected chi connectivity index (χ2v) is 20.6. The molecule has 0 saturated heterocycles. The molecule has 6 heteroatoms. The van der Waals surface area contributed by atoms with E-state index in [1.165, 1.54) is 205 Å². The first-order chi connectivity index (χ1) is 35.0. The first kappa shape index (κ1) is 68.1. The third kappa shape index (κ3) is 57.9. The Bertz CT molecular complexity index is 1280. The van der Waals surface area contributed by atoms with Crippen LogP contribution in [0.3, 0.4) is 0 Å². The van der Waals surface area contributed by atoms with Gasteiger partial charge in [0, 0.05) is 19.3 Å². The van der Waals surface area contributed by atoms with Crippen LogP contribution in [0.5, 0.6) is 0 Å². The molecule has 0 fully saturated rings. The zero-order valence-electron chi connectivity index (χ0n) is 47.2. The van der Waals surface area contributed by atoms with Gasteiger partial charge in [-0.1, -0.05) is 248 Å². The van der Waals surface area contributed by atoms with Crippen molar-refractivity contribution in [3.05, 3.63) is 60.8 Å². The topological polar surface area (TPSA) is 78.9 Å². The lowest BCUT2D eigenvalue weighted by atomic mass is 10.0. The van der Waals surface area contributed by atoms with E-state index in [0.717, 1.165) is 70.6 Å². The smallest absolute Gasteiger partial charge is 0.306 e. The van der Waals surface area contributed by atoms with Crippen LogP contribution in [0.25, 0.3) is 0 Å². The van der Waals surface area contributed by atoms with E-state index in [-0.39, 0.29) is 31.1 Å². The third-order valence-electron chi connectivity index (χ3n) is 13.5. The number of hydrogen-bond acceptors (Lipinski definition) is 6. The van der Waals surface area contributed by atoms with Gasteiger partial charge in [-0.05, 0) is 109 Å². The maximum Gasteiger partial charge on any atom is 0.306 e. The van der Waals surface area contributed by atoms with E-state index in [0.29, 0.717) is 19.3 Å². The fraction of sp³-hybridized carbons (Fsp3) is 0.800. The van der Waals surface area contributed by atoms with Crippen molar-refractivity contribution in [1.29, 1.82) is 0 Å². The second kappa shape index (κ2) is 59.7. The Morgan fingerprint density at radius 3 is 0.859 bits per heavy atom. The van der Waals surface area contributed by atoms with Crippen LogP contribution in [0.2, 0.25) is 0 Å². The summed E-state index contributed by atoms with van der Waals surface area (Å²) in [6.07, 6.45) is 75.0. The summed E-state index contributed by atoms with van der Waals surface area (Å²) in [4.78, 5) is 38.2. The van der Waals surface area contributed by atoms with E-state index in [1.54, 1.807) is 0 Å². The van der Waals surface area contributed by atoms with Gasteiger partial charge in [-0.2, -0.15) is 0 Å². The van der Waals surface area contributed by atoms with Gasteiger partial charge in [0.2, 0.25) is 0 Å². The van der Waals surface area contributed by atoms with Crippen molar-refractivity contribution in [2.75, 3.05) is 13.2 Å². The number of carbonyl (C=O) groups is 3. The molecule has 71 heavy (non-hydrogen) atoms. The summed E-state index contributed by atoms with van der Waals surface area (Å²) < 4.78 is 16.9. The van der Waals surface area contributed by atoms with Crippen LogP contribution in [-0.4, -0.2) is 37.2 Å².